The molecule has 0 spiro atoms. The van der Waals surface area contributed by atoms with Crippen LogP contribution in [0.15, 0.2) is 0 Å². The predicted octanol–water partition coefficient (Wildman–Crippen LogP) is -4.26. The van der Waals surface area contributed by atoms with E-state index in [2.05, 4.69) is 0 Å². The van der Waals surface area contributed by atoms with Gasteiger partial charge in [0.2, 0.25) is 0 Å². The second-order valence-corrected chi connectivity index (χ2v) is 1.87. The number of aliphatic hydroxyl groups is 1. The van der Waals surface area contributed by atoms with Crippen LogP contribution in [0.1, 0.15) is 0 Å². The third kappa shape index (κ3) is 5.31. The number of carboxylic acid groups (broad SMARTS) is 2. The van der Waals surface area contributed by atoms with Crippen LogP contribution in [0.3, 0.4) is 0 Å². The SMILES string of the molecule is O=C([O-])CN(CO)CC(=O)[O-]. The molecule has 1 N–H and O–H groups in total. The minimum Gasteiger partial charge on any atom is -0.549 e. The largest absolute Gasteiger partial charge is 0.549 e. The fourth-order valence-electron chi connectivity index (χ4n) is 0.521. The zero-order chi connectivity index (χ0) is 8.85. The average Bonchev–Trinajstić information content (AvgIpc) is 1.84. The highest BCUT2D eigenvalue weighted by atomic mass is 16.4. The molecule has 0 saturated heterocycles. The number of hydrogen-bond donors (Lipinski definition) is 1. The van der Waals surface area contributed by atoms with Crippen LogP contribution in [0.4, 0.5) is 0 Å². The zero-order valence-corrected chi connectivity index (χ0v) is 5.65. The van der Waals surface area contributed by atoms with Gasteiger partial charge in [-0.15, -0.1) is 0 Å². The van der Waals surface area contributed by atoms with Gasteiger partial charge in [0.1, 0.15) is 0 Å². The van der Waals surface area contributed by atoms with E-state index >= 15 is 0 Å². The quantitative estimate of drug-likeness (QED) is 0.409. The highest BCUT2D eigenvalue weighted by molar-refractivity contribution is 5.70. The van der Waals surface area contributed by atoms with Crippen LogP contribution in [0.25, 0.3) is 0 Å². The molecule has 0 aliphatic carbocycles. The van der Waals surface area contributed by atoms with Crippen molar-refractivity contribution in [1.82, 2.24) is 4.90 Å². The summed E-state index contributed by atoms with van der Waals surface area (Å²) in [5.41, 5.74) is 0. The molecule has 64 valence electrons. The van der Waals surface area contributed by atoms with Gasteiger partial charge in [-0.1, -0.05) is 0 Å². The number of rotatable bonds is 5. The average molecular weight is 161 g/mol. The molecular weight excluding hydrogens is 154 g/mol. The lowest BCUT2D eigenvalue weighted by Gasteiger charge is -2.19. The molecule has 0 heterocycles. The Kier molecular flexibility index (Phi) is 4.16. The van der Waals surface area contributed by atoms with E-state index in [0.29, 0.717) is 0 Å². The molecule has 0 atom stereocenters. The maximum absolute atomic E-state index is 9.87. The van der Waals surface area contributed by atoms with Crippen molar-refractivity contribution in [1.29, 1.82) is 0 Å². The Morgan fingerprint density at radius 2 is 1.55 bits per heavy atom. The molecule has 0 amide bonds. The Labute approximate surface area is 62.7 Å². The van der Waals surface area contributed by atoms with Gasteiger partial charge in [0.15, 0.2) is 0 Å². The van der Waals surface area contributed by atoms with E-state index in [0.717, 1.165) is 4.90 Å². The number of aliphatic hydroxyl groups excluding tert-OH is 1. The van der Waals surface area contributed by atoms with E-state index in [4.69, 9.17) is 5.11 Å². The molecule has 0 rings (SSSR count). The highest BCUT2D eigenvalue weighted by Gasteiger charge is 2.02. The smallest absolute Gasteiger partial charge is 0.0963 e. The van der Waals surface area contributed by atoms with Gasteiger partial charge in [-0.2, -0.15) is 0 Å². The Hall–Kier alpha value is -1.14. The van der Waals surface area contributed by atoms with E-state index < -0.39 is 31.8 Å². The van der Waals surface area contributed by atoms with Crippen molar-refractivity contribution in [2.24, 2.45) is 0 Å². The topological polar surface area (TPSA) is 104 Å². The van der Waals surface area contributed by atoms with Crippen molar-refractivity contribution in [3.05, 3.63) is 0 Å². The zero-order valence-electron chi connectivity index (χ0n) is 5.65. The summed E-state index contributed by atoms with van der Waals surface area (Å²) in [4.78, 5) is 20.5. The van der Waals surface area contributed by atoms with Crippen LogP contribution < -0.4 is 10.2 Å². The van der Waals surface area contributed by atoms with Gasteiger partial charge in [0, 0.05) is 13.1 Å². The predicted molar refractivity (Wildman–Crippen MR) is 28.7 cm³/mol. The number of carbonyl (C=O) groups is 2. The summed E-state index contributed by atoms with van der Waals surface area (Å²) >= 11 is 0. The Balaban J connectivity index is 3.76. The van der Waals surface area contributed by atoms with Gasteiger partial charge in [-0.3, -0.25) is 4.90 Å². The first-order valence-corrected chi connectivity index (χ1v) is 2.79. The molecule has 0 fully saturated rings. The number of carboxylic acids is 2. The molecule has 0 radical (unpaired) electrons. The van der Waals surface area contributed by atoms with E-state index in [1.54, 1.807) is 0 Å². The number of carbonyl (C=O) groups excluding carboxylic acids is 2. The Morgan fingerprint density at radius 1 is 1.18 bits per heavy atom. The second kappa shape index (κ2) is 4.64. The van der Waals surface area contributed by atoms with E-state index in [1.165, 1.54) is 0 Å². The summed E-state index contributed by atoms with van der Waals surface area (Å²) in [5.74, 6) is -2.89. The lowest BCUT2D eigenvalue weighted by atomic mass is 10.5. The van der Waals surface area contributed by atoms with Gasteiger partial charge in [-0.25, -0.2) is 0 Å². The van der Waals surface area contributed by atoms with Gasteiger partial charge in [-0.05, 0) is 0 Å². The van der Waals surface area contributed by atoms with Crippen molar-refractivity contribution in [2.75, 3.05) is 19.8 Å². The van der Waals surface area contributed by atoms with Gasteiger partial charge >= 0.3 is 0 Å². The van der Waals surface area contributed by atoms with E-state index in [-0.39, 0.29) is 0 Å². The normalized spacial score (nSPS) is 10.0. The minimum absolute atomic E-state index is 0.621. The van der Waals surface area contributed by atoms with Gasteiger partial charge < -0.3 is 24.9 Å². The molecule has 0 bridgehead atoms. The van der Waals surface area contributed by atoms with Gasteiger partial charge in [0.25, 0.3) is 0 Å². The van der Waals surface area contributed by atoms with Crippen LogP contribution in [-0.4, -0.2) is 41.8 Å². The summed E-state index contributed by atoms with van der Waals surface area (Å²) in [5, 5.41) is 28.1. The van der Waals surface area contributed by atoms with Crippen molar-refractivity contribution in [3.8, 4) is 0 Å². The number of hydrogen-bond acceptors (Lipinski definition) is 6. The molecule has 0 aromatic rings. The van der Waals surface area contributed by atoms with Gasteiger partial charge in [0.05, 0.1) is 18.7 Å². The molecule has 0 saturated carbocycles. The molecule has 0 unspecified atom stereocenters. The number of nitrogens with zero attached hydrogens (tertiary/aromatic N) is 1. The molecule has 11 heavy (non-hydrogen) atoms. The van der Waals surface area contributed by atoms with Crippen LogP contribution >= 0.6 is 0 Å². The van der Waals surface area contributed by atoms with E-state index in [1.807, 2.05) is 0 Å². The molecule has 0 aromatic heterocycles. The second-order valence-electron chi connectivity index (χ2n) is 1.87. The first kappa shape index (κ1) is 9.86. The van der Waals surface area contributed by atoms with Crippen molar-refractivity contribution >= 4 is 11.9 Å². The maximum Gasteiger partial charge on any atom is 0.0963 e. The third-order valence-corrected chi connectivity index (χ3v) is 0.905. The monoisotopic (exact) mass is 161 g/mol. The summed E-state index contributed by atoms with van der Waals surface area (Å²) in [6, 6.07) is 0. The molecule has 6 nitrogen and oxygen atoms in total. The fourth-order valence-corrected chi connectivity index (χ4v) is 0.521. The first-order valence-electron chi connectivity index (χ1n) is 2.79. The fraction of sp³-hybridized carbons (Fsp3) is 0.600. The highest BCUT2D eigenvalue weighted by Crippen LogP contribution is 1.81. The third-order valence-electron chi connectivity index (χ3n) is 0.905. The molecule has 0 aromatic carbocycles. The standard InChI is InChI=1S/C5H9NO5/c7-3-6(1-4(8)9)2-5(10)11/h7H,1-3H2,(H,8,9)(H,10,11)/p-2. The number of aliphatic carboxylic acids is 2. The van der Waals surface area contributed by atoms with Crippen molar-refractivity contribution in [2.45, 2.75) is 0 Å². The van der Waals surface area contributed by atoms with Crippen molar-refractivity contribution < 1.29 is 24.9 Å². The summed E-state index contributed by atoms with van der Waals surface area (Å²) in [6.07, 6.45) is 0. The molecule has 6 heteroatoms. The molecule has 0 aliphatic heterocycles. The molecule has 0 aliphatic rings. The minimum atomic E-state index is -1.44. The van der Waals surface area contributed by atoms with Crippen molar-refractivity contribution in [3.63, 3.8) is 0 Å². The van der Waals surface area contributed by atoms with Crippen LogP contribution in [0.2, 0.25) is 0 Å². The summed E-state index contributed by atoms with van der Waals surface area (Å²) in [6.45, 7) is -1.89. The van der Waals surface area contributed by atoms with E-state index in [9.17, 15) is 19.8 Å². The van der Waals surface area contributed by atoms with Crippen LogP contribution in [0, 0.1) is 0 Å². The summed E-state index contributed by atoms with van der Waals surface area (Å²) < 4.78 is 0. The Bertz CT molecular complexity index is 141. The lowest BCUT2D eigenvalue weighted by molar-refractivity contribution is -0.311. The maximum atomic E-state index is 9.87. The lowest BCUT2D eigenvalue weighted by Crippen LogP contribution is -2.44. The first-order chi connectivity index (χ1) is 5.06. The molecular formula is C5H7NO5-2. The Morgan fingerprint density at radius 3 is 1.73 bits per heavy atom. The summed E-state index contributed by atoms with van der Waals surface area (Å²) in [7, 11) is 0. The van der Waals surface area contributed by atoms with Crippen LogP contribution in [0.5, 0.6) is 0 Å². The van der Waals surface area contributed by atoms with Crippen LogP contribution in [-0.2, 0) is 9.59 Å².